The van der Waals surface area contributed by atoms with Crippen LogP contribution in [0.15, 0.2) is 30.3 Å². The van der Waals surface area contributed by atoms with Gasteiger partial charge < -0.3 is 14.5 Å². The number of hydrogen-bond acceptors (Lipinski definition) is 4. The molecule has 1 unspecified atom stereocenters. The molecule has 5 nitrogen and oxygen atoms in total. The van der Waals surface area contributed by atoms with Crippen LogP contribution < -0.4 is 0 Å². The maximum Gasteiger partial charge on any atom is 0.471 e. The van der Waals surface area contributed by atoms with Crippen molar-refractivity contribution >= 4 is 5.91 Å². The molecule has 1 aromatic rings. The monoisotopic (exact) mass is 421 g/mol. The summed E-state index contributed by atoms with van der Waals surface area (Å²) in [5.74, 6) is -1.80. The molecule has 1 spiro atoms. The molecular weight excluding hydrogens is 395 g/mol. The van der Waals surface area contributed by atoms with E-state index in [1.54, 1.807) is 0 Å². The molecule has 0 aromatic heterocycles. The molecule has 0 bridgehead atoms. The summed E-state index contributed by atoms with van der Waals surface area (Å²) in [6.45, 7) is 2.38. The Morgan fingerprint density at radius 2 is 1.97 bits per heavy atom. The van der Waals surface area contributed by atoms with Crippen LogP contribution >= 0.6 is 0 Å². The van der Waals surface area contributed by atoms with Gasteiger partial charge in [-0.25, -0.2) is 0 Å². The van der Waals surface area contributed by atoms with Crippen molar-refractivity contribution in [3.63, 3.8) is 0 Å². The minimum absolute atomic E-state index is 0.0538. The van der Waals surface area contributed by atoms with E-state index in [4.69, 9.17) is 10.00 Å². The highest BCUT2D eigenvalue weighted by atomic mass is 19.4. The summed E-state index contributed by atoms with van der Waals surface area (Å²) in [4.78, 5) is 15.6. The Kier molecular flexibility index (Phi) is 5.78. The van der Waals surface area contributed by atoms with Crippen molar-refractivity contribution in [2.24, 2.45) is 0 Å². The first-order chi connectivity index (χ1) is 14.3. The van der Waals surface area contributed by atoms with Gasteiger partial charge in [-0.3, -0.25) is 4.79 Å². The second kappa shape index (κ2) is 8.20. The fourth-order valence-corrected chi connectivity index (χ4v) is 5.02. The summed E-state index contributed by atoms with van der Waals surface area (Å²) < 4.78 is 46.3. The number of likely N-dealkylation sites (tertiary alicyclic amines) is 1. The van der Waals surface area contributed by atoms with Crippen molar-refractivity contribution < 1.29 is 22.7 Å². The second-order valence-corrected chi connectivity index (χ2v) is 8.63. The molecule has 4 rings (SSSR count). The average Bonchev–Trinajstić information content (AvgIpc) is 3.42. The summed E-state index contributed by atoms with van der Waals surface area (Å²) in [6.07, 6.45) is -1.99. The van der Waals surface area contributed by atoms with Gasteiger partial charge in [-0.1, -0.05) is 30.3 Å². The first-order valence-corrected chi connectivity index (χ1v) is 10.5. The third-order valence-corrected chi connectivity index (χ3v) is 6.71. The van der Waals surface area contributed by atoms with Crippen molar-refractivity contribution in [1.29, 1.82) is 5.26 Å². The zero-order valence-corrected chi connectivity index (χ0v) is 16.8. The Balaban J connectivity index is 1.45. The molecule has 2 heterocycles. The number of ether oxygens (including phenoxy) is 1. The molecule has 3 fully saturated rings. The molecule has 8 heteroatoms. The lowest BCUT2D eigenvalue weighted by Gasteiger charge is -2.39. The first-order valence-electron chi connectivity index (χ1n) is 10.5. The molecule has 3 aliphatic rings. The van der Waals surface area contributed by atoms with Crippen molar-refractivity contribution in [2.45, 2.75) is 61.9 Å². The molecular formula is C22H26F3N3O2. The minimum Gasteiger partial charge on any atom is -0.373 e. The number of alkyl halides is 3. The Morgan fingerprint density at radius 3 is 2.60 bits per heavy atom. The molecule has 1 amide bonds. The predicted molar refractivity (Wildman–Crippen MR) is 103 cm³/mol. The van der Waals surface area contributed by atoms with Crippen LogP contribution in [0.3, 0.4) is 0 Å². The van der Waals surface area contributed by atoms with E-state index in [0.717, 1.165) is 36.4 Å². The SMILES string of the molecule is N#CCCN1CCC2(CC1)CC(N(C(=O)C(F)(F)F)[C@@H]1C[C@H]1c1ccccc1)CO2. The normalized spacial score (nSPS) is 28.3. The Labute approximate surface area is 174 Å². The molecule has 0 radical (unpaired) electrons. The molecule has 3 atom stereocenters. The largest absolute Gasteiger partial charge is 0.471 e. The van der Waals surface area contributed by atoms with Gasteiger partial charge in [0.05, 0.1) is 24.3 Å². The topological polar surface area (TPSA) is 56.6 Å². The van der Waals surface area contributed by atoms with Crippen LogP contribution in [0.2, 0.25) is 0 Å². The van der Waals surface area contributed by atoms with Crippen LogP contribution in [0.5, 0.6) is 0 Å². The maximum atomic E-state index is 13.4. The van der Waals surface area contributed by atoms with Gasteiger partial charge in [0, 0.05) is 38.0 Å². The zero-order chi connectivity index (χ0) is 21.4. The number of halogens is 3. The van der Waals surface area contributed by atoms with Gasteiger partial charge in [0.1, 0.15) is 0 Å². The summed E-state index contributed by atoms with van der Waals surface area (Å²) in [6, 6.07) is 10.6. The fourth-order valence-electron chi connectivity index (χ4n) is 5.02. The van der Waals surface area contributed by atoms with E-state index in [9.17, 15) is 18.0 Å². The van der Waals surface area contributed by atoms with Gasteiger partial charge in [0.15, 0.2) is 0 Å². The lowest BCUT2D eigenvalue weighted by atomic mass is 9.87. The quantitative estimate of drug-likeness (QED) is 0.731. The predicted octanol–water partition coefficient (Wildman–Crippen LogP) is 3.47. The molecule has 1 aromatic carbocycles. The second-order valence-electron chi connectivity index (χ2n) is 8.63. The lowest BCUT2D eigenvalue weighted by Crippen LogP contribution is -2.50. The fraction of sp³-hybridized carbons (Fsp3) is 0.636. The first kappa shape index (κ1) is 21.1. The van der Waals surface area contributed by atoms with Crippen LogP contribution in [-0.2, 0) is 9.53 Å². The average molecular weight is 421 g/mol. The molecule has 2 saturated heterocycles. The number of benzene rings is 1. The summed E-state index contributed by atoms with van der Waals surface area (Å²) in [7, 11) is 0. The zero-order valence-electron chi connectivity index (χ0n) is 16.8. The highest BCUT2D eigenvalue weighted by molar-refractivity contribution is 5.83. The third kappa shape index (κ3) is 4.33. The van der Waals surface area contributed by atoms with Crippen molar-refractivity contribution in [2.75, 3.05) is 26.2 Å². The van der Waals surface area contributed by atoms with Gasteiger partial charge in [0.25, 0.3) is 0 Å². The molecule has 2 aliphatic heterocycles. The van der Waals surface area contributed by atoms with Gasteiger partial charge in [0.2, 0.25) is 0 Å². The molecule has 30 heavy (non-hydrogen) atoms. The number of hydrogen-bond donors (Lipinski definition) is 0. The van der Waals surface area contributed by atoms with Crippen LogP contribution in [0.25, 0.3) is 0 Å². The van der Waals surface area contributed by atoms with Crippen LogP contribution in [-0.4, -0.2) is 65.8 Å². The van der Waals surface area contributed by atoms with Crippen molar-refractivity contribution in [3.05, 3.63) is 35.9 Å². The molecule has 1 aliphatic carbocycles. The Morgan fingerprint density at radius 1 is 1.27 bits per heavy atom. The van der Waals surface area contributed by atoms with E-state index in [2.05, 4.69) is 11.0 Å². The highest BCUT2D eigenvalue weighted by Gasteiger charge is 2.56. The van der Waals surface area contributed by atoms with Crippen LogP contribution in [0, 0.1) is 11.3 Å². The van der Waals surface area contributed by atoms with Gasteiger partial charge in [-0.05, 0) is 31.2 Å². The van der Waals surface area contributed by atoms with Crippen LogP contribution in [0.1, 0.15) is 43.6 Å². The molecule has 1 saturated carbocycles. The standard InChI is InChI=1S/C22H26F3N3O2/c23-22(24,25)20(29)28(19-13-18(19)16-5-2-1-3-6-16)17-14-21(30-15-17)7-11-27(12-8-21)10-4-9-26/h1-3,5-6,17-19H,4,7-8,10-15H2/t17?,18-,19+/m0/s1. The maximum absolute atomic E-state index is 13.4. The van der Waals surface area contributed by atoms with Gasteiger partial charge >= 0.3 is 12.1 Å². The number of amides is 1. The summed E-state index contributed by atoms with van der Waals surface area (Å²) >= 11 is 0. The summed E-state index contributed by atoms with van der Waals surface area (Å²) in [5, 5.41) is 8.75. The van der Waals surface area contributed by atoms with E-state index in [0.29, 0.717) is 25.8 Å². The van der Waals surface area contributed by atoms with E-state index < -0.39 is 29.8 Å². The van der Waals surface area contributed by atoms with Crippen molar-refractivity contribution in [3.8, 4) is 6.07 Å². The van der Waals surface area contributed by atoms with E-state index in [1.807, 2.05) is 30.3 Å². The smallest absolute Gasteiger partial charge is 0.373 e. The molecule has 162 valence electrons. The van der Waals surface area contributed by atoms with Crippen LogP contribution in [0.4, 0.5) is 13.2 Å². The highest BCUT2D eigenvalue weighted by Crippen LogP contribution is 2.49. The number of carbonyl (C=O) groups excluding carboxylic acids is 1. The number of nitrogens with zero attached hydrogens (tertiary/aromatic N) is 3. The number of rotatable bonds is 5. The number of carbonyl (C=O) groups is 1. The number of nitriles is 1. The van der Waals surface area contributed by atoms with E-state index in [1.165, 1.54) is 0 Å². The lowest BCUT2D eigenvalue weighted by molar-refractivity contribution is -0.188. The minimum atomic E-state index is -4.89. The Bertz CT molecular complexity index is 800. The molecule has 0 N–H and O–H groups in total. The van der Waals surface area contributed by atoms with Gasteiger partial charge in [-0.2, -0.15) is 18.4 Å². The summed E-state index contributed by atoms with van der Waals surface area (Å²) in [5.41, 5.74) is 0.511. The van der Waals surface area contributed by atoms with E-state index in [-0.39, 0.29) is 12.5 Å². The van der Waals surface area contributed by atoms with Gasteiger partial charge in [-0.15, -0.1) is 0 Å². The van der Waals surface area contributed by atoms with Crippen molar-refractivity contribution in [1.82, 2.24) is 9.80 Å². The number of piperidine rings is 1. The van der Waals surface area contributed by atoms with E-state index >= 15 is 0 Å². The Hall–Kier alpha value is -2.11. The third-order valence-electron chi connectivity index (χ3n) is 6.71.